The molecule has 2 aliphatic rings. The lowest BCUT2D eigenvalue weighted by Gasteiger charge is -2.36. The van der Waals surface area contributed by atoms with E-state index in [1.54, 1.807) is 0 Å². The Labute approximate surface area is 144 Å². The molecule has 2 N–H and O–H groups in total. The first kappa shape index (κ1) is 18.1. The summed E-state index contributed by atoms with van der Waals surface area (Å²) in [5.41, 5.74) is 6.01. The number of hydrogen-bond donors (Lipinski definition) is 1. The van der Waals surface area contributed by atoms with Crippen molar-refractivity contribution in [1.29, 1.82) is 0 Å². The molecule has 0 radical (unpaired) electrons. The number of hydrogen-bond acceptors (Lipinski definition) is 3. The van der Waals surface area contributed by atoms with Gasteiger partial charge in [0.05, 0.1) is 0 Å². The van der Waals surface area contributed by atoms with Gasteiger partial charge in [0.15, 0.2) is 0 Å². The number of nitrogens with two attached hydrogens (primary N) is 1. The minimum absolute atomic E-state index is 0. The Morgan fingerprint density at radius 3 is 2.43 bits per heavy atom. The molecule has 2 atom stereocenters. The van der Waals surface area contributed by atoms with Gasteiger partial charge in [-0.05, 0) is 31.4 Å². The highest BCUT2D eigenvalue weighted by atomic mass is 35.5. The average Bonchev–Trinajstić information content (AvgIpc) is 2.56. The number of carbonyl (C=O) groups excluding carboxylic acids is 1. The highest BCUT2D eigenvalue weighted by molar-refractivity contribution is 5.85. The van der Waals surface area contributed by atoms with Crippen LogP contribution in [0.2, 0.25) is 0 Å². The maximum Gasteiger partial charge on any atom is 0.225 e. The number of carbonyl (C=O) groups is 1. The van der Waals surface area contributed by atoms with E-state index in [-0.39, 0.29) is 30.5 Å². The summed E-state index contributed by atoms with van der Waals surface area (Å²) in [5.74, 6) is 1.38. The largest absolute Gasteiger partial charge is 0.490 e. The summed E-state index contributed by atoms with van der Waals surface area (Å²) in [7, 11) is 0. The predicted molar refractivity (Wildman–Crippen MR) is 93.9 cm³/mol. The summed E-state index contributed by atoms with van der Waals surface area (Å²) in [6.07, 6.45) is 6.08. The van der Waals surface area contributed by atoms with Crippen LogP contribution in [0.3, 0.4) is 0 Å². The SMILES string of the molecule is Cl.NC1CCCC(C(=O)N2CCC(Oc3ccccc3)CC2)C1. The number of piperidine rings is 1. The molecule has 0 aromatic heterocycles. The summed E-state index contributed by atoms with van der Waals surface area (Å²) in [4.78, 5) is 14.6. The van der Waals surface area contributed by atoms with E-state index in [0.717, 1.165) is 57.4 Å². The summed E-state index contributed by atoms with van der Waals surface area (Å²) < 4.78 is 5.99. The Hall–Kier alpha value is -1.26. The van der Waals surface area contributed by atoms with Crippen molar-refractivity contribution in [3.8, 4) is 5.75 Å². The smallest absolute Gasteiger partial charge is 0.225 e. The lowest BCUT2D eigenvalue weighted by atomic mass is 9.85. The van der Waals surface area contributed by atoms with Crippen LogP contribution in [0.1, 0.15) is 38.5 Å². The van der Waals surface area contributed by atoms with Gasteiger partial charge in [0.2, 0.25) is 5.91 Å². The summed E-state index contributed by atoms with van der Waals surface area (Å²) in [6.45, 7) is 1.62. The van der Waals surface area contributed by atoms with Crippen molar-refractivity contribution in [2.45, 2.75) is 50.7 Å². The monoisotopic (exact) mass is 338 g/mol. The topological polar surface area (TPSA) is 55.6 Å². The van der Waals surface area contributed by atoms with Gasteiger partial charge < -0.3 is 15.4 Å². The van der Waals surface area contributed by atoms with Gasteiger partial charge >= 0.3 is 0 Å². The Kier molecular flexibility index (Phi) is 6.72. The van der Waals surface area contributed by atoms with Crippen molar-refractivity contribution in [2.24, 2.45) is 11.7 Å². The van der Waals surface area contributed by atoms with Gasteiger partial charge in [0, 0.05) is 37.9 Å². The van der Waals surface area contributed by atoms with Crippen molar-refractivity contribution in [3.05, 3.63) is 30.3 Å². The van der Waals surface area contributed by atoms with Crippen molar-refractivity contribution in [1.82, 2.24) is 4.90 Å². The van der Waals surface area contributed by atoms with Crippen LogP contribution in [0.25, 0.3) is 0 Å². The summed E-state index contributed by atoms with van der Waals surface area (Å²) in [5, 5.41) is 0. The molecule has 3 rings (SSSR count). The highest BCUT2D eigenvalue weighted by Gasteiger charge is 2.31. The third kappa shape index (κ3) is 4.85. The van der Waals surface area contributed by atoms with Gasteiger partial charge in [0.1, 0.15) is 11.9 Å². The quantitative estimate of drug-likeness (QED) is 0.921. The first-order valence-corrected chi connectivity index (χ1v) is 8.48. The molecule has 2 unspecified atom stereocenters. The first-order valence-electron chi connectivity index (χ1n) is 8.48. The normalized spacial score (nSPS) is 25.5. The molecule has 1 aromatic rings. The Morgan fingerprint density at radius 2 is 1.78 bits per heavy atom. The second-order valence-corrected chi connectivity index (χ2v) is 6.58. The highest BCUT2D eigenvalue weighted by Crippen LogP contribution is 2.27. The zero-order valence-corrected chi connectivity index (χ0v) is 14.3. The van der Waals surface area contributed by atoms with Gasteiger partial charge in [-0.2, -0.15) is 0 Å². The maximum atomic E-state index is 12.6. The number of rotatable bonds is 3. The zero-order chi connectivity index (χ0) is 15.4. The minimum Gasteiger partial charge on any atom is -0.490 e. The van der Waals surface area contributed by atoms with E-state index in [2.05, 4.69) is 0 Å². The first-order chi connectivity index (χ1) is 10.7. The summed E-state index contributed by atoms with van der Waals surface area (Å²) >= 11 is 0. The van der Waals surface area contributed by atoms with Crippen molar-refractivity contribution < 1.29 is 9.53 Å². The second kappa shape index (κ2) is 8.55. The Morgan fingerprint density at radius 1 is 1.09 bits per heavy atom. The standard InChI is InChI=1S/C18H26N2O2.ClH/c19-15-6-4-5-14(13-15)18(21)20-11-9-17(10-12-20)22-16-7-2-1-3-8-16;/h1-3,7-8,14-15,17H,4-6,9-13,19H2;1H. The fourth-order valence-electron chi connectivity index (χ4n) is 3.60. The molecule has 0 bridgehead atoms. The van der Waals surface area contributed by atoms with E-state index in [0.29, 0.717) is 5.91 Å². The average molecular weight is 339 g/mol. The number of ether oxygens (including phenoxy) is 1. The third-order valence-corrected chi connectivity index (χ3v) is 4.86. The fourth-order valence-corrected chi connectivity index (χ4v) is 3.60. The maximum absolute atomic E-state index is 12.6. The van der Waals surface area contributed by atoms with Crippen LogP contribution in [-0.2, 0) is 4.79 Å². The molecule has 5 heteroatoms. The molecule has 0 spiro atoms. The van der Waals surface area contributed by atoms with E-state index >= 15 is 0 Å². The molecule has 1 aliphatic carbocycles. The van der Waals surface area contributed by atoms with Crippen LogP contribution >= 0.6 is 12.4 Å². The number of amides is 1. The molecule has 1 amide bonds. The van der Waals surface area contributed by atoms with E-state index in [1.165, 1.54) is 0 Å². The third-order valence-electron chi connectivity index (χ3n) is 4.86. The van der Waals surface area contributed by atoms with Crippen LogP contribution in [0, 0.1) is 5.92 Å². The molecule has 1 saturated heterocycles. The molecule has 2 fully saturated rings. The summed E-state index contributed by atoms with van der Waals surface area (Å²) in [6, 6.07) is 10.1. The molecule has 128 valence electrons. The van der Waals surface area contributed by atoms with E-state index in [9.17, 15) is 4.79 Å². The number of likely N-dealkylation sites (tertiary alicyclic amines) is 1. The molecule has 1 aromatic carbocycles. The van der Waals surface area contributed by atoms with Crippen molar-refractivity contribution >= 4 is 18.3 Å². The van der Waals surface area contributed by atoms with Gasteiger partial charge in [-0.1, -0.05) is 24.6 Å². The van der Waals surface area contributed by atoms with Crippen molar-refractivity contribution in [2.75, 3.05) is 13.1 Å². The Balaban J connectivity index is 0.00000192. The number of para-hydroxylation sites is 1. The van der Waals surface area contributed by atoms with Gasteiger partial charge in [-0.25, -0.2) is 0 Å². The van der Waals surface area contributed by atoms with Crippen LogP contribution < -0.4 is 10.5 Å². The lowest BCUT2D eigenvalue weighted by Crippen LogP contribution is -2.46. The Bertz CT molecular complexity index is 489. The number of benzene rings is 1. The van der Waals surface area contributed by atoms with Gasteiger partial charge in [0.25, 0.3) is 0 Å². The molecule has 4 nitrogen and oxygen atoms in total. The molecule has 1 heterocycles. The van der Waals surface area contributed by atoms with Gasteiger partial charge in [-0.15, -0.1) is 12.4 Å². The lowest BCUT2D eigenvalue weighted by molar-refractivity contribution is -0.138. The minimum atomic E-state index is 0. The van der Waals surface area contributed by atoms with Crippen LogP contribution in [0.5, 0.6) is 5.75 Å². The van der Waals surface area contributed by atoms with Gasteiger partial charge in [-0.3, -0.25) is 4.79 Å². The predicted octanol–water partition coefficient (Wildman–Crippen LogP) is 3.00. The van der Waals surface area contributed by atoms with E-state index in [4.69, 9.17) is 10.5 Å². The van der Waals surface area contributed by atoms with Crippen LogP contribution in [0.15, 0.2) is 30.3 Å². The molecule has 23 heavy (non-hydrogen) atoms. The van der Waals surface area contributed by atoms with Crippen LogP contribution in [-0.4, -0.2) is 36.0 Å². The molecule has 1 saturated carbocycles. The molecular weight excluding hydrogens is 312 g/mol. The second-order valence-electron chi connectivity index (χ2n) is 6.58. The molecular formula is C18H27ClN2O2. The van der Waals surface area contributed by atoms with E-state index < -0.39 is 0 Å². The molecule has 1 aliphatic heterocycles. The van der Waals surface area contributed by atoms with E-state index in [1.807, 2.05) is 35.2 Å². The number of nitrogens with zero attached hydrogens (tertiary/aromatic N) is 1. The number of halogens is 1. The van der Waals surface area contributed by atoms with Crippen molar-refractivity contribution in [3.63, 3.8) is 0 Å². The van der Waals surface area contributed by atoms with Crippen LogP contribution in [0.4, 0.5) is 0 Å². The fraction of sp³-hybridized carbons (Fsp3) is 0.611. The zero-order valence-electron chi connectivity index (χ0n) is 13.5.